The van der Waals surface area contributed by atoms with E-state index < -0.39 is 23.4 Å². The molecule has 1 atom stereocenters. The number of hydrogen-bond donors (Lipinski definition) is 3. The number of rotatable bonds is 5. The fourth-order valence-electron chi connectivity index (χ4n) is 4.84. The van der Waals surface area contributed by atoms with Crippen LogP contribution in [0.2, 0.25) is 0 Å². The molecule has 0 bridgehead atoms. The Morgan fingerprint density at radius 1 is 1.25 bits per heavy atom. The fraction of sp³-hybridized carbons (Fsp3) is 0.480. The lowest BCUT2D eigenvalue weighted by Gasteiger charge is -2.35. The van der Waals surface area contributed by atoms with Crippen molar-refractivity contribution in [1.82, 2.24) is 19.5 Å². The maximum Gasteiger partial charge on any atom is 0.416 e. The van der Waals surface area contributed by atoms with Crippen LogP contribution in [0.15, 0.2) is 30.5 Å². The second-order valence-corrected chi connectivity index (χ2v) is 9.86. The molecule has 4 N–H and O–H groups in total. The fourth-order valence-corrected chi connectivity index (χ4v) is 4.84. The Labute approximate surface area is 207 Å². The third kappa shape index (κ3) is 5.11. The number of aromatic nitrogens is 3. The molecular weight excluding hydrogens is 473 g/mol. The largest absolute Gasteiger partial charge is 0.416 e. The number of aryl methyl sites for hydroxylation is 1. The zero-order valence-corrected chi connectivity index (χ0v) is 20.7. The average molecular weight is 505 g/mol. The molecule has 0 aliphatic heterocycles. The molecule has 0 spiro atoms. The van der Waals surface area contributed by atoms with Crippen molar-refractivity contribution in [3.05, 3.63) is 53.0 Å². The number of nitrogen functional groups attached to an aromatic ring is 1. The van der Waals surface area contributed by atoms with Gasteiger partial charge in [-0.05, 0) is 69.4 Å². The molecule has 1 saturated carbocycles. The number of nitrogens with two attached hydrogens (primary N) is 1. The summed E-state index contributed by atoms with van der Waals surface area (Å²) < 4.78 is 41.4. The quantitative estimate of drug-likeness (QED) is 0.448. The summed E-state index contributed by atoms with van der Waals surface area (Å²) in [5, 5.41) is 19.0. The lowest BCUT2D eigenvalue weighted by atomic mass is 9.75. The minimum absolute atomic E-state index is 0.0213. The Morgan fingerprint density at radius 2 is 1.92 bits per heavy atom. The summed E-state index contributed by atoms with van der Waals surface area (Å²) >= 11 is 0. The standard InChI is InChI=1S/C25H31F3N6O2/c1-14(17-9-18(25(26,27)28)11-20(29)10-17)30-22-21-12-19(13-34(21)32-15(2)31-22)24(36)7-5-16(6-8-24)23(35)33(3)4/h9-14,16,36H,5-8,29H2,1-4H3,(H,30,31,32)/t14-,16?,24?/m1/s1. The number of aliphatic hydroxyl groups is 1. The minimum atomic E-state index is -4.51. The summed E-state index contributed by atoms with van der Waals surface area (Å²) in [5.41, 5.74) is 5.45. The number of fused-ring (bicyclic) bond motifs is 1. The number of benzene rings is 1. The number of nitrogens with zero attached hydrogens (tertiary/aromatic N) is 4. The Bertz CT molecular complexity index is 1280. The van der Waals surface area contributed by atoms with Crippen molar-refractivity contribution < 1.29 is 23.1 Å². The lowest BCUT2D eigenvalue weighted by molar-refractivity contribution is -0.138. The molecule has 1 aliphatic rings. The Hall–Kier alpha value is -3.34. The number of anilines is 2. The van der Waals surface area contributed by atoms with Crippen LogP contribution in [0.25, 0.3) is 5.52 Å². The molecular formula is C25H31F3N6O2. The first-order chi connectivity index (χ1) is 16.8. The Morgan fingerprint density at radius 3 is 2.53 bits per heavy atom. The second kappa shape index (κ2) is 9.27. The van der Waals surface area contributed by atoms with Gasteiger partial charge < -0.3 is 21.1 Å². The van der Waals surface area contributed by atoms with Gasteiger partial charge in [0.2, 0.25) is 5.91 Å². The highest BCUT2D eigenvalue weighted by molar-refractivity contribution is 5.78. The van der Waals surface area contributed by atoms with Gasteiger partial charge in [-0.3, -0.25) is 4.79 Å². The number of hydrogen-bond acceptors (Lipinski definition) is 6. The topological polar surface area (TPSA) is 109 Å². The number of alkyl halides is 3. The van der Waals surface area contributed by atoms with Crippen molar-refractivity contribution in [2.45, 2.75) is 57.3 Å². The van der Waals surface area contributed by atoms with Crippen molar-refractivity contribution in [1.29, 1.82) is 0 Å². The van der Waals surface area contributed by atoms with Crippen molar-refractivity contribution in [3.8, 4) is 0 Å². The molecule has 1 fully saturated rings. The summed E-state index contributed by atoms with van der Waals surface area (Å²) in [7, 11) is 3.46. The van der Waals surface area contributed by atoms with Crippen LogP contribution in [-0.2, 0) is 16.6 Å². The van der Waals surface area contributed by atoms with Gasteiger partial charge >= 0.3 is 6.18 Å². The van der Waals surface area contributed by atoms with Gasteiger partial charge in [-0.2, -0.15) is 18.3 Å². The number of carbonyl (C=O) groups is 1. The first kappa shape index (κ1) is 25.7. The van der Waals surface area contributed by atoms with Crippen LogP contribution in [0.4, 0.5) is 24.7 Å². The van der Waals surface area contributed by atoms with Gasteiger partial charge in [-0.1, -0.05) is 0 Å². The van der Waals surface area contributed by atoms with Gasteiger partial charge in [0.15, 0.2) is 5.82 Å². The maximum atomic E-state index is 13.3. The average Bonchev–Trinajstić information content (AvgIpc) is 3.23. The van der Waals surface area contributed by atoms with Crippen LogP contribution in [0.5, 0.6) is 0 Å². The molecule has 2 aromatic heterocycles. The van der Waals surface area contributed by atoms with Crippen LogP contribution in [0, 0.1) is 12.8 Å². The number of amides is 1. The number of nitrogens with one attached hydrogen (secondary N) is 1. The van der Waals surface area contributed by atoms with Gasteiger partial charge in [-0.25, -0.2) is 9.50 Å². The molecule has 36 heavy (non-hydrogen) atoms. The normalized spacial score (nSPS) is 21.4. The summed E-state index contributed by atoms with van der Waals surface area (Å²) in [6.07, 6.45) is -0.750. The van der Waals surface area contributed by atoms with Crippen LogP contribution in [-0.4, -0.2) is 44.6 Å². The molecule has 0 saturated heterocycles. The van der Waals surface area contributed by atoms with E-state index in [0.29, 0.717) is 54.0 Å². The molecule has 4 rings (SSSR count). The molecule has 2 heterocycles. The van der Waals surface area contributed by atoms with E-state index in [4.69, 9.17) is 5.73 Å². The molecule has 3 aromatic rings. The highest BCUT2D eigenvalue weighted by Crippen LogP contribution is 2.41. The van der Waals surface area contributed by atoms with Gasteiger partial charge in [0.05, 0.1) is 17.2 Å². The Balaban J connectivity index is 1.61. The highest BCUT2D eigenvalue weighted by Gasteiger charge is 2.38. The van der Waals surface area contributed by atoms with Crippen molar-refractivity contribution in [2.24, 2.45) is 5.92 Å². The van der Waals surface area contributed by atoms with Gasteiger partial charge in [0.1, 0.15) is 11.3 Å². The van der Waals surface area contributed by atoms with E-state index in [-0.39, 0.29) is 17.5 Å². The van der Waals surface area contributed by atoms with Gasteiger partial charge in [0, 0.05) is 37.5 Å². The third-order valence-electron chi connectivity index (χ3n) is 6.87. The monoisotopic (exact) mass is 504 g/mol. The first-order valence-electron chi connectivity index (χ1n) is 11.8. The highest BCUT2D eigenvalue weighted by atomic mass is 19.4. The van der Waals surface area contributed by atoms with Crippen LogP contribution < -0.4 is 11.1 Å². The molecule has 8 nitrogen and oxygen atoms in total. The summed E-state index contributed by atoms with van der Waals surface area (Å²) in [5.74, 6) is 0.834. The maximum absolute atomic E-state index is 13.3. The lowest BCUT2D eigenvalue weighted by Crippen LogP contribution is -2.37. The molecule has 1 amide bonds. The van der Waals surface area contributed by atoms with Gasteiger partial charge in [-0.15, -0.1) is 0 Å². The van der Waals surface area contributed by atoms with E-state index in [1.807, 2.05) is 0 Å². The summed E-state index contributed by atoms with van der Waals surface area (Å²) in [6, 6.07) is 4.73. The van der Waals surface area contributed by atoms with E-state index in [1.165, 1.54) is 6.07 Å². The molecule has 11 heteroatoms. The zero-order valence-electron chi connectivity index (χ0n) is 20.7. The van der Waals surface area contributed by atoms with Crippen LogP contribution in [0.3, 0.4) is 0 Å². The second-order valence-electron chi connectivity index (χ2n) is 9.86. The van der Waals surface area contributed by atoms with Crippen molar-refractivity contribution >= 4 is 22.9 Å². The third-order valence-corrected chi connectivity index (χ3v) is 6.87. The number of carbonyl (C=O) groups excluding carboxylic acids is 1. The summed E-state index contributed by atoms with van der Waals surface area (Å²) in [6.45, 7) is 3.44. The number of halogens is 3. The predicted octanol–water partition coefficient (Wildman–Crippen LogP) is 4.28. The van der Waals surface area contributed by atoms with Crippen molar-refractivity contribution in [3.63, 3.8) is 0 Å². The molecule has 1 aromatic carbocycles. The SMILES string of the molecule is Cc1nc(N[C@H](C)c2cc(N)cc(C(F)(F)F)c2)c2cc(C3(O)CCC(C(=O)N(C)C)CC3)cn2n1. The molecule has 1 aliphatic carbocycles. The van der Waals surface area contributed by atoms with Crippen LogP contribution >= 0.6 is 0 Å². The van der Waals surface area contributed by atoms with E-state index >= 15 is 0 Å². The van der Waals surface area contributed by atoms with Crippen LogP contribution in [0.1, 0.15) is 61.2 Å². The Kier molecular flexibility index (Phi) is 6.63. The zero-order chi connectivity index (χ0) is 26.4. The van der Waals surface area contributed by atoms with E-state index in [9.17, 15) is 23.1 Å². The molecule has 194 valence electrons. The van der Waals surface area contributed by atoms with Gasteiger partial charge in [0.25, 0.3) is 0 Å². The van der Waals surface area contributed by atoms with E-state index in [1.54, 1.807) is 49.6 Å². The summed E-state index contributed by atoms with van der Waals surface area (Å²) in [4.78, 5) is 18.4. The smallest absolute Gasteiger partial charge is 0.399 e. The predicted molar refractivity (Wildman–Crippen MR) is 130 cm³/mol. The minimum Gasteiger partial charge on any atom is -0.399 e. The van der Waals surface area contributed by atoms with E-state index in [0.717, 1.165) is 12.1 Å². The van der Waals surface area contributed by atoms with Crippen molar-refractivity contribution in [2.75, 3.05) is 25.1 Å². The first-order valence-corrected chi connectivity index (χ1v) is 11.8. The van der Waals surface area contributed by atoms with E-state index in [2.05, 4.69) is 15.4 Å². The molecule has 0 unspecified atom stereocenters. The molecule has 0 radical (unpaired) electrons.